The van der Waals surface area contributed by atoms with E-state index >= 15 is 0 Å². The van der Waals surface area contributed by atoms with Gasteiger partial charge < -0.3 is 0 Å². The lowest BCUT2D eigenvalue weighted by Gasteiger charge is -2.42. The molecule has 25 heavy (non-hydrogen) atoms. The first-order chi connectivity index (χ1) is 12.1. The van der Waals surface area contributed by atoms with Crippen molar-refractivity contribution in [1.29, 1.82) is 5.26 Å². The molecule has 1 nitrogen and oxygen atoms in total. The summed E-state index contributed by atoms with van der Waals surface area (Å²) in [7, 11) is 0. The first-order valence-electron chi connectivity index (χ1n) is 11.5. The first-order valence-corrected chi connectivity index (χ1v) is 11.5. The van der Waals surface area contributed by atoms with Gasteiger partial charge in [-0.1, -0.05) is 39.0 Å². The summed E-state index contributed by atoms with van der Waals surface area (Å²) < 4.78 is 0. The Morgan fingerprint density at radius 2 is 1.20 bits per heavy atom. The van der Waals surface area contributed by atoms with E-state index in [1.165, 1.54) is 83.5 Å². The third kappa shape index (κ3) is 5.02. The van der Waals surface area contributed by atoms with E-state index in [-0.39, 0.29) is 5.41 Å². The van der Waals surface area contributed by atoms with Crippen LogP contribution in [0.2, 0.25) is 0 Å². The molecule has 1 heteroatoms. The van der Waals surface area contributed by atoms with Crippen LogP contribution < -0.4 is 0 Å². The highest BCUT2D eigenvalue weighted by molar-refractivity contribution is 4.99. The maximum Gasteiger partial charge on any atom is 0.0686 e. The van der Waals surface area contributed by atoms with Crippen molar-refractivity contribution in [3.8, 4) is 6.07 Å². The van der Waals surface area contributed by atoms with Gasteiger partial charge in [-0.05, 0) is 101 Å². The quantitative estimate of drug-likeness (QED) is 0.506. The summed E-state index contributed by atoms with van der Waals surface area (Å²) in [6.45, 7) is 4.51. The van der Waals surface area contributed by atoms with Crippen molar-refractivity contribution < 1.29 is 0 Å². The molecule has 0 saturated heterocycles. The molecule has 0 bridgehead atoms. The van der Waals surface area contributed by atoms with Crippen LogP contribution in [-0.4, -0.2) is 0 Å². The highest BCUT2D eigenvalue weighted by atomic mass is 14.4. The van der Waals surface area contributed by atoms with Crippen molar-refractivity contribution in [1.82, 2.24) is 0 Å². The van der Waals surface area contributed by atoms with Gasteiger partial charge in [0.2, 0.25) is 0 Å². The van der Waals surface area contributed by atoms with Crippen molar-refractivity contribution in [2.45, 2.75) is 110 Å². The lowest BCUT2D eigenvalue weighted by molar-refractivity contribution is 0.0962. The molecule has 0 unspecified atom stereocenters. The third-order valence-electron chi connectivity index (χ3n) is 8.41. The Morgan fingerprint density at radius 1 is 0.760 bits per heavy atom. The highest BCUT2D eigenvalue weighted by Gasteiger charge is 2.37. The molecule has 3 rings (SSSR count). The summed E-state index contributed by atoms with van der Waals surface area (Å²) >= 11 is 0. The fraction of sp³-hybridized carbons (Fsp3) is 0.958. The van der Waals surface area contributed by atoms with E-state index < -0.39 is 0 Å². The van der Waals surface area contributed by atoms with Crippen LogP contribution in [0.15, 0.2) is 0 Å². The molecule has 142 valence electrons. The number of rotatable bonds is 5. The van der Waals surface area contributed by atoms with Crippen molar-refractivity contribution in [3.63, 3.8) is 0 Å². The summed E-state index contributed by atoms with van der Waals surface area (Å²) in [5.74, 6) is 5.10. The molecule has 0 heterocycles. The Labute approximate surface area is 157 Å². The second-order valence-electron chi connectivity index (χ2n) is 10.1. The summed E-state index contributed by atoms with van der Waals surface area (Å²) in [5, 5.41) is 9.34. The molecule has 0 atom stereocenters. The van der Waals surface area contributed by atoms with Crippen LogP contribution in [0, 0.1) is 46.3 Å². The minimum Gasteiger partial charge on any atom is -0.198 e. The molecule has 0 amide bonds. The third-order valence-corrected chi connectivity index (χ3v) is 8.41. The lowest BCUT2D eigenvalue weighted by atomic mass is 9.63. The molecule has 3 saturated carbocycles. The second kappa shape index (κ2) is 8.92. The van der Waals surface area contributed by atoms with Gasteiger partial charge in [-0.2, -0.15) is 5.26 Å². The first kappa shape index (κ1) is 19.3. The minimum atomic E-state index is -0.00981. The van der Waals surface area contributed by atoms with E-state index in [0.717, 1.165) is 42.4 Å². The maximum atomic E-state index is 9.34. The van der Waals surface area contributed by atoms with E-state index in [1.54, 1.807) is 0 Å². The number of nitrogens with zero attached hydrogens (tertiary/aromatic N) is 1. The second-order valence-corrected chi connectivity index (χ2v) is 10.1. The van der Waals surface area contributed by atoms with E-state index in [1.807, 2.05) is 0 Å². The van der Waals surface area contributed by atoms with Crippen LogP contribution >= 0.6 is 0 Å². The van der Waals surface area contributed by atoms with Crippen molar-refractivity contribution in [2.24, 2.45) is 35.0 Å². The molecule has 0 N–H and O–H groups in total. The monoisotopic (exact) mass is 343 g/mol. The van der Waals surface area contributed by atoms with Crippen LogP contribution in [0.3, 0.4) is 0 Å². The number of hydrogen-bond acceptors (Lipinski definition) is 1. The van der Waals surface area contributed by atoms with Gasteiger partial charge in [0.25, 0.3) is 0 Å². The molecular weight excluding hydrogens is 302 g/mol. The zero-order chi connectivity index (χ0) is 17.7. The summed E-state index contributed by atoms with van der Waals surface area (Å²) in [6.07, 6.45) is 21.4. The van der Waals surface area contributed by atoms with Gasteiger partial charge in [-0.15, -0.1) is 0 Å². The van der Waals surface area contributed by atoms with E-state index in [2.05, 4.69) is 19.9 Å². The van der Waals surface area contributed by atoms with Gasteiger partial charge in [0, 0.05) is 0 Å². The zero-order valence-electron chi connectivity index (χ0n) is 16.9. The maximum absolute atomic E-state index is 9.34. The number of nitriles is 1. The SMILES string of the molecule is CCCCC1CCC(C2CCC(C3CCC(C)(C#N)CC3)CC2)CC1. The molecular formula is C24H41N. The predicted molar refractivity (Wildman–Crippen MR) is 106 cm³/mol. The molecule has 3 fully saturated rings. The standard InChI is InChI=1S/C24H41N/c1-3-4-5-19-6-8-20(9-7-19)21-10-12-22(13-11-21)23-14-16-24(2,18-25)17-15-23/h19-23H,3-17H2,1-2H3. The fourth-order valence-corrected chi connectivity index (χ4v) is 6.39. The normalized spacial score (nSPS) is 42.7. The van der Waals surface area contributed by atoms with Gasteiger partial charge in [-0.25, -0.2) is 0 Å². The van der Waals surface area contributed by atoms with Gasteiger partial charge in [-0.3, -0.25) is 0 Å². The molecule has 0 aromatic rings. The Bertz CT molecular complexity index is 424. The summed E-state index contributed by atoms with van der Waals surface area (Å²) in [4.78, 5) is 0. The van der Waals surface area contributed by atoms with Gasteiger partial charge in [0.15, 0.2) is 0 Å². The predicted octanol–water partition coefficient (Wildman–Crippen LogP) is 7.51. The number of hydrogen-bond donors (Lipinski definition) is 0. The van der Waals surface area contributed by atoms with Crippen molar-refractivity contribution >= 4 is 0 Å². The average molecular weight is 344 g/mol. The van der Waals surface area contributed by atoms with E-state index in [4.69, 9.17) is 0 Å². The van der Waals surface area contributed by atoms with Crippen molar-refractivity contribution in [3.05, 3.63) is 0 Å². The Hall–Kier alpha value is -0.510. The van der Waals surface area contributed by atoms with Crippen molar-refractivity contribution in [2.75, 3.05) is 0 Å². The van der Waals surface area contributed by atoms with Crippen LogP contribution in [-0.2, 0) is 0 Å². The zero-order valence-corrected chi connectivity index (χ0v) is 16.9. The van der Waals surface area contributed by atoms with Crippen LogP contribution in [0.1, 0.15) is 110 Å². The fourth-order valence-electron chi connectivity index (χ4n) is 6.39. The molecule has 0 aliphatic heterocycles. The molecule has 0 spiro atoms. The van der Waals surface area contributed by atoms with E-state index in [9.17, 15) is 5.26 Å². The smallest absolute Gasteiger partial charge is 0.0686 e. The van der Waals surface area contributed by atoms with Crippen LogP contribution in [0.5, 0.6) is 0 Å². The topological polar surface area (TPSA) is 23.8 Å². The molecule has 0 radical (unpaired) electrons. The van der Waals surface area contributed by atoms with Gasteiger partial charge in [0.05, 0.1) is 11.5 Å². The molecule has 0 aromatic heterocycles. The molecule has 3 aliphatic carbocycles. The van der Waals surface area contributed by atoms with Gasteiger partial charge in [0.1, 0.15) is 0 Å². The summed E-state index contributed by atoms with van der Waals surface area (Å²) in [6, 6.07) is 2.57. The Kier molecular flexibility index (Phi) is 6.87. The molecule has 3 aliphatic rings. The van der Waals surface area contributed by atoms with Crippen LogP contribution in [0.25, 0.3) is 0 Å². The molecule has 0 aromatic carbocycles. The lowest BCUT2D eigenvalue weighted by Crippen LogP contribution is -2.31. The Morgan fingerprint density at radius 3 is 1.64 bits per heavy atom. The number of unbranched alkanes of at least 4 members (excludes halogenated alkanes) is 1. The summed E-state index contributed by atoms with van der Waals surface area (Å²) in [5.41, 5.74) is -0.00981. The van der Waals surface area contributed by atoms with Crippen LogP contribution in [0.4, 0.5) is 0 Å². The van der Waals surface area contributed by atoms with Gasteiger partial charge >= 0.3 is 0 Å². The largest absolute Gasteiger partial charge is 0.198 e. The average Bonchev–Trinajstić information content (AvgIpc) is 2.68. The van der Waals surface area contributed by atoms with E-state index in [0.29, 0.717) is 0 Å². The minimum absolute atomic E-state index is 0.00981. The Balaban J connectivity index is 1.38. The highest BCUT2D eigenvalue weighted by Crippen LogP contribution is 2.48.